The van der Waals surface area contributed by atoms with E-state index in [1.54, 1.807) is 6.08 Å². The molecule has 3 heteroatoms. The minimum absolute atomic E-state index is 0.201. The number of hydrogen-bond donors (Lipinski definition) is 2. The van der Waals surface area contributed by atoms with Crippen LogP contribution in [-0.2, 0) is 12.0 Å². The molecule has 0 spiro atoms. The lowest BCUT2D eigenvalue weighted by molar-refractivity contribution is 0.410. The Hall–Kier alpha value is -2.81. The van der Waals surface area contributed by atoms with Gasteiger partial charge in [-0.3, -0.25) is 4.98 Å². The average molecular weight is 362 g/mol. The van der Waals surface area contributed by atoms with Crippen molar-refractivity contribution in [3.05, 3.63) is 102 Å². The van der Waals surface area contributed by atoms with Crippen molar-refractivity contribution < 1.29 is 0 Å². The Morgan fingerprint density at radius 3 is 2.52 bits per heavy atom. The van der Waals surface area contributed by atoms with Crippen LogP contribution in [-0.4, -0.2) is 9.97 Å². The van der Waals surface area contributed by atoms with Crippen molar-refractivity contribution in [2.45, 2.75) is 39.7 Å². The molecule has 0 saturated heterocycles. The van der Waals surface area contributed by atoms with Gasteiger partial charge in [0, 0.05) is 46.9 Å². The SMILES string of the molecule is C=C/C=C/C=C(\NCc1cc(C)nc(C)c1)C(C)C(C)(C=C)c1ccc[nH]1. The lowest BCUT2D eigenvalue weighted by Crippen LogP contribution is -2.34. The average Bonchev–Trinajstić information content (AvgIpc) is 3.18. The van der Waals surface area contributed by atoms with Gasteiger partial charge in [0.2, 0.25) is 0 Å². The summed E-state index contributed by atoms with van der Waals surface area (Å²) in [6.07, 6.45) is 11.9. The summed E-state index contributed by atoms with van der Waals surface area (Å²) >= 11 is 0. The zero-order valence-corrected chi connectivity index (χ0v) is 16.9. The zero-order chi connectivity index (χ0) is 19.9. The Labute approximate surface area is 163 Å². The molecule has 0 aliphatic rings. The number of rotatable bonds is 9. The molecule has 0 amide bonds. The normalized spacial score (nSPS) is 15.3. The van der Waals surface area contributed by atoms with E-state index in [-0.39, 0.29) is 11.3 Å². The molecule has 0 aromatic carbocycles. The summed E-state index contributed by atoms with van der Waals surface area (Å²) in [5, 5.41) is 3.64. The summed E-state index contributed by atoms with van der Waals surface area (Å²) in [5.41, 5.74) is 5.40. The molecule has 2 unspecified atom stereocenters. The third-order valence-electron chi connectivity index (χ3n) is 5.13. The first kappa shape index (κ1) is 20.5. The van der Waals surface area contributed by atoms with Crippen molar-refractivity contribution in [3.8, 4) is 0 Å². The summed E-state index contributed by atoms with van der Waals surface area (Å²) in [4.78, 5) is 7.81. The molecule has 2 rings (SSSR count). The van der Waals surface area contributed by atoms with Gasteiger partial charge in [0.1, 0.15) is 0 Å². The predicted molar refractivity (Wildman–Crippen MR) is 115 cm³/mol. The third kappa shape index (κ3) is 5.10. The Balaban J connectivity index is 2.30. The van der Waals surface area contributed by atoms with Crippen LogP contribution in [0.15, 0.2) is 79.7 Å². The first-order valence-corrected chi connectivity index (χ1v) is 9.35. The highest BCUT2D eigenvalue weighted by atomic mass is 14.9. The van der Waals surface area contributed by atoms with Crippen LogP contribution in [0.4, 0.5) is 0 Å². The van der Waals surface area contributed by atoms with Crippen LogP contribution in [0.1, 0.15) is 36.5 Å². The molecule has 27 heavy (non-hydrogen) atoms. The van der Waals surface area contributed by atoms with Crippen molar-refractivity contribution in [1.29, 1.82) is 0 Å². The first-order valence-electron chi connectivity index (χ1n) is 9.35. The number of aryl methyl sites for hydroxylation is 2. The molecule has 0 aliphatic carbocycles. The van der Waals surface area contributed by atoms with Gasteiger partial charge in [0.05, 0.1) is 0 Å². The van der Waals surface area contributed by atoms with E-state index in [1.807, 2.05) is 44.3 Å². The molecule has 0 radical (unpaired) electrons. The molecule has 0 bridgehead atoms. The van der Waals surface area contributed by atoms with E-state index in [9.17, 15) is 0 Å². The van der Waals surface area contributed by atoms with Crippen LogP contribution in [0.3, 0.4) is 0 Å². The summed E-state index contributed by atoms with van der Waals surface area (Å²) in [7, 11) is 0. The van der Waals surface area contributed by atoms with Crippen LogP contribution in [0.25, 0.3) is 0 Å². The highest BCUT2D eigenvalue weighted by Crippen LogP contribution is 2.36. The summed E-state index contributed by atoms with van der Waals surface area (Å²) in [6, 6.07) is 8.39. The second kappa shape index (κ2) is 9.22. The van der Waals surface area contributed by atoms with E-state index in [0.29, 0.717) is 0 Å². The summed E-state index contributed by atoms with van der Waals surface area (Å²) in [5.74, 6) is 0.201. The van der Waals surface area contributed by atoms with Crippen molar-refractivity contribution in [3.63, 3.8) is 0 Å². The fourth-order valence-corrected chi connectivity index (χ4v) is 3.33. The topological polar surface area (TPSA) is 40.7 Å². The number of H-pyrrole nitrogens is 1. The summed E-state index contributed by atoms with van der Waals surface area (Å²) in [6.45, 7) is 17.1. The van der Waals surface area contributed by atoms with Gasteiger partial charge in [-0.15, -0.1) is 6.58 Å². The third-order valence-corrected chi connectivity index (χ3v) is 5.13. The lowest BCUT2D eigenvalue weighted by Gasteiger charge is -2.34. The van der Waals surface area contributed by atoms with Crippen LogP contribution < -0.4 is 5.32 Å². The van der Waals surface area contributed by atoms with E-state index >= 15 is 0 Å². The molecule has 142 valence electrons. The second-order valence-electron chi connectivity index (χ2n) is 7.15. The number of hydrogen-bond acceptors (Lipinski definition) is 2. The molecule has 2 aromatic heterocycles. The van der Waals surface area contributed by atoms with Crippen LogP contribution in [0.2, 0.25) is 0 Å². The largest absolute Gasteiger partial charge is 0.384 e. The molecular weight excluding hydrogens is 330 g/mol. The maximum Gasteiger partial charge on any atom is 0.0399 e. The molecule has 0 aliphatic heterocycles. The Bertz CT molecular complexity index is 807. The van der Waals surface area contributed by atoms with E-state index < -0.39 is 0 Å². The van der Waals surface area contributed by atoms with Gasteiger partial charge in [-0.05, 0) is 56.7 Å². The van der Waals surface area contributed by atoms with Crippen molar-refractivity contribution in [2.24, 2.45) is 5.92 Å². The van der Waals surface area contributed by atoms with Gasteiger partial charge in [-0.1, -0.05) is 37.8 Å². The van der Waals surface area contributed by atoms with Gasteiger partial charge in [0.25, 0.3) is 0 Å². The smallest absolute Gasteiger partial charge is 0.0399 e. The van der Waals surface area contributed by atoms with Gasteiger partial charge in [-0.25, -0.2) is 0 Å². The highest BCUT2D eigenvalue weighted by Gasteiger charge is 2.33. The monoisotopic (exact) mass is 361 g/mol. The van der Waals surface area contributed by atoms with Crippen molar-refractivity contribution >= 4 is 0 Å². The Morgan fingerprint density at radius 1 is 1.26 bits per heavy atom. The van der Waals surface area contributed by atoms with Gasteiger partial charge in [-0.2, -0.15) is 0 Å². The Kier molecular flexibility index (Phi) is 7.00. The molecule has 2 N–H and O–H groups in total. The fraction of sp³-hybridized carbons (Fsp3) is 0.292. The quantitative estimate of drug-likeness (QED) is 0.456. The first-order chi connectivity index (χ1) is 12.9. The lowest BCUT2D eigenvalue weighted by atomic mass is 9.73. The van der Waals surface area contributed by atoms with Crippen LogP contribution >= 0.6 is 0 Å². The maximum atomic E-state index is 4.46. The van der Waals surface area contributed by atoms with Gasteiger partial charge >= 0.3 is 0 Å². The maximum absolute atomic E-state index is 4.46. The molecule has 3 nitrogen and oxygen atoms in total. The van der Waals surface area contributed by atoms with E-state index in [2.05, 4.69) is 66.6 Å². The number of nitrogens with zero attached hydrogens (tertiary/aromatic N) is 1. The number of pyridine rings is 1. The van der Waals surface area contributed by atoms with Crippen LogP contribution in [0, 0.1) is 19.8 Å². The zero-order valence-electron chi connectivity index (χ0n) is 16.9. The van der Waals surface area contributed by atoms with Crippen molar-refractivity contribution in [2.75, 3.05) is 0 Å². The number of allylic oxidation sites excluding steroid dienone is 6. The molecule has 0 fully saturated rings. The molecule has 2 heterocycles. The minimum Gasteiger partial charge on any atom is -0.384 e. The standard InChI is InChI=1S/C24H31N3/c1-7-9-10-12-22(26-17-21-15-18(3)27-19(4)16-21)20(5)24(6,8-2)23-13-11-14-25-23/h7-16,20,25-26H,1-2,17H2,3-6H3/b10-9+,22-12-. The van der Waals surface area contributed by atoms with Gasteiger partial charge in [0.15, 0.2) is 0 Å². The van der Waals surface area contributed by atoms with E-state index in [0.717, 1.165) is 29.3 Å². The Morgan fingerprint density at radius 2 is 1.96 bits per heavy atom. The molecule has 0 saturated carbocycles. The molecular formula is C24H31N3. The number of aromatic nitrogens is 2. The molecule has 2 aromatic rings. The predicted octanol–water partition coefficient (Wildman–Crippen LogP) is 5.52. The number of nitrogens with one attached hydrogen (secondary N) is 2. The van der Waals surface area contributed by atoms with E-state index in [1.165, 1.54) is 5.56 Å². The summed E-state index contributed by atoms with van der Waals surface area (Å²) < 4.78 is 0. The van der Waals surface area contributed by atoms with Gasteiger partial charge < -0.3 is 10.3 Å². The second-order valence-corrected chi connectivity index (χ2v) is 7.15. The molecule has 2 atom stereocenters. The highest BCUT2D eigenvalue weighted by molar-refractivity contribution is 5.31. The number of aromatic amines is 1. The van der Waals surface area contributed by atoms with E-state index in [4.69, 9.17) is 0 Å². The van der Waals surface area contributed by atoms with Crippen LogP contribution in [0.5, 0.6) is 0 Å². The minimum atomic E-state index is -0.214. The van der Waals surface area contributed by atoms with Crippen molar-refractivity contribution in [1.82, 2.24) is 15.3 Å². The fourth-order valence-electron chi connectivity index (χ4n) is 3.33.